The van der Waals surface area contributed by atoms with Gasteiger partial charge in [-0.2, -0.15) is 0 Å². The van der Waals surface area contributed by atoms with Crippen molar-refractivity contribution in [1.29, 1.82) is 0 Å². The Morgan fingerprint density at radius 2 is 0.875 bits per heavy atom. The molecule has 0 amide bonds. The number of allylic oxidation sites excluding steroid dienone is 3. The molecule has 0 aromatic heterocycles. The number of para-hydroxylation sites is 1. The first-order valence-corrected chi connectivity index (χ1v) is 26.2. The highest BCUT2D eigenvalue weighted by molar-refractivity contribution is 8.00. The van der Waals surface area contributed by atoms with Gasteiger partial charge in [0.1, 0.15) is 0 Å². The van der Waals surface area contributed by atoms with Crippen molar-refractivity contribution in [3.05, 3.63) is 300 Å². The van der Waals surface area contributed by atoms with E-state index in [1.165, 1.54) is 93.9 Å². The zero-order valence-electron chi connectivity index (χ0n) is 40.3. The number of nitrogens with zero attached hydrogens (tertiary/aromatic N) is 1. The summed E-state index contributed by atoms with van der Waals surface area (Å²) in [6.07, 6.45) is 9.16. The summed E-state index contributed by atoms with van der Waals surface area (Å²) in [7, 11) is 0. The van der Waals surface area contributed by atoms with E-state index in [1.807, 2.05) is 11.8 Å². The molecule has 0 bridgehead atoms. The SMILES string of the molecule is CC1(C)c2ccccc2C2(c3ccccc3-c3cc(N(c4cccc(-c5cccc6c5SC5C=CC=CC65)c4)c4ccccc4-c4ccccc4-c4ccccc4-c4ccccc4)ccc32)c2ccccc21. The van der Waals surface area contributed by atoms with Gasteiger partial charge in [-0.1, -0.05) is 244 Å². The summed E-state index contributed by atoms with van der Waals surface area (Å²) >= 11 is 2.00. The molecule has 1 nitrogen and oxygen atoms in total. The lowest BCUT2D eigenvalue weighted by atomic mass is 9.55. The normalized spacial score (nSPS) is 16.8. The molecule has 0 radical (unpaired) electrons. The zero-order valence-corrected chi connectivity index (χ0v) is 41.2. The maximum Gasteiger partial charge on any atom is 0.0719 e. The molecule has 14 rings (SSSR count). The Hall–Kier alpha value is -8.17. The van der Waals surface area contributed by atoms with Crippen LogP contribution < -0.4 is 4.90 Å². The molecule has 1 spiro atoms. The largest absolute Gasteiger partial charge is 0.310 e. The van der Waals surface area contributed by atoms with Gasteiger partial charge in [-0.15, -0.1) is 11.8 Å². The molecule has 2 unspecified atom stereocenters. The minimum atomic E-state index is -0.478. The third kappa shape index (κ3) is 6.35. The van der Waals surface area contributed by atoms with Crippen LogP contribution in [0.25, 0.3) is 55.6 Å². The van der Waals surface area contributed by atoms with Crippen LogP contribution in [-0.2, 0) is 10.8 Å². The van der Waals surface area contributed by atoms with Crippen LogP contribution in [0.5, 0.6) is 0 Å². The molecule has 10 aromatic rings. The first-order chi connectivity index (χ1) is 35.5. The van der Waals surface area contributed by atoms with Crippen LogP contribution in [-0.4, -0.2) is 5.25 Å². The fraction of sp³-hybridized carbons (Fsp3) is 0.0857. The summed E-state index contributed by atoms with van der Waals surface area (Å²) in [6.45, 7) is 4.79. The average molecular weight is 938 g/mol. The van der Waals surface area contributed by atoms with Crippen molar-refractivity contribution in [2.45, 2.75) is 40.7 Å². The summed E-state index contributed by atoms with van der Waals surface area (Å²) in [4.78, 5) is 3.91. The number of benzene rings is 10. The number of hydrogen-bond donors (Lipinski definition) is 0. The van der Waals surface area contributed by atoms with E-state index < -0.39 is 5.41 Å². The summed E-state index contributed by atoms with van der Waals surface area (Å²) in [5.74, 6) is 0.389. The Morgan fingerprint density at radius 3 is 1.61 bits per heavy atom. The maximum atomic E-state index is 2.53. The lowest BCUT2D eigenvalue weighted by Crippen LogP contribution is -2.40. The van der Waals surface area contributed by atoms with Crippen LogP contribution >= 0.6 is 11.8 Å². The first kappa shape index (κ1) is 42.7. The minimum Gasteiger partial charge on any atom is -0.310 e. The fourth-order valence-electron chi connectivity index (χ4n) is 13.0. The van der Waals surface area contributed by atoms with Crippen molar-refractivity contribution in [3.63, 3.8) is 0 Å². The Labute approximate surface area is 427 Å². The molecule has 72 heavy (non-hydrogen) atoms. The molecular weight excluding hydrogens is 887 g/mol. The van der Waals surface area contributed by atoms with E-state index in [0.717, 1.165) is 22.6 Å². The van der Waals surface area contributed by atoms with Crippen LogP contribution in [0.1, 0.15) is 58.7 Å². The summed E-state index contributed by atoms with van der Waals surface area (Å²) in [5.41, 5.74) is 24.5. The van der Waals surface area contributed by atoms with Crippen LogP contribution in [0.15, 0.2) is 266 Å². The molecule has 10 aromatic carbocycles. The van der Waals surface area contributed by atoms with E-state index in [2.05, 4.69) is 280 Å². The lowest BCUT2D eigenvalue weighted by Gasteiger charge is -2.46. The molecule has 342 valence electrons. The van der Waals surface area contributed by atoms with Gasteiger partial charge in [0.05, 0.1) is 11.1 Å². The Kier molecular flexibility index (Phi) is 9.92. The van der Waals surface area contributed by atoms with Crippen molar-refractivity contribution < 1.29 is 0 Å². The third-order valence-electron chi connectivity index (χ3n) is 16.1. The topological polar surface area (TPSA) is 3.24 Å². The van der Waals surface area contributed by atoms with E-state index in [1.54, 1.807) is 0 Å². The standard InChI is InChI=1S/C70H51NS/c1-69(2)62-36-14-16-38-64(62)70(65-39-17-15-37-63(65)69)60-35-13-10-30-55(60)59-45-49(42-43-61(59)70)71(48-25-20-24-47(44-48)51-33-21-34-58-57-32-12-19-41-67(57)72-68(51)58)66-40-18-11-31-56(66)54-29-9-8-28-53(54)52-27-7-6-26-50(52)46-22-4-3-5-23-46/h3-45,57,67H,1-2H3. The van der Waals surface area contributed by atoms with Crippen molar-refractivity contribution in [2.75, 3.05) is 4.90 Å². The van der Waals surface area contributed by atoms with Gasteiger partial charge >= 0.3 is 0 Å². The highest BCUT2D eigenvalue weighted by Crippen LogP contribution is 2.63. The van der Waals surface area contributed by atoms with Crippen molar-refractivity contribution >= 4 is 28.8 Å². The fourth-order valence-corrected chi connectivity index (χ4v) is 14.4. The molecular formula is C70H51NS. The molecule has 4 aliphatic rings. The predicted octanol–water partition coefficient (Wildman–Crippen LogP) is 18.5. The van der Waals surface area contributed by atoms with Gasteiger partial charge in [0, 0.05) is 38.4 Å². The quantitative estimate of drug-likeness (QED) is 0.157. The maximum absolute atomic E-state index is 2.53. The van der Waals surface area contributed by atoms with Crippen LogP contribution in [0, 0.1) is 0 Å². The second-order valence-electron chi connectivity index (χ2n) is 20.2. The van der Waals surface area contributed by atoms with Crippen LogP contribution in [0.3, 0.4) is 0 Å². The number of anilines is 3. The van der Waals surface area contributed by atoms with Gasteiger partial charge in [0.25, 0.3) is 0 Å². The van der Waals surface area contributed by atoms with Gasteiger partial charge in [0.15, 0.2) is 0 Å². The minimum absolute atomic E-state index is 0.164. The van der Waals surface area contributed by atoms with E-state index in [0.29, 0.717) is 11.2 Å². The van der Waals surface area contributed by atoms with Crippen LogP contribution in [0.2, 0.25) is 0 Å². The third-order valence-corrected chi connectivity index (χ3v) is 17.5. The van der Waals surface area contributed by atoms with Crippen molar-refractivity contribution in [3.8, 4) is 55.6 Å². The van der Waals surface area contributed by atoms with Gasteiger partial charge in [0.2, 0.25) is 0 Å². The predicted molar refractivity (Wildman–Crippen MR) is 303 cm³/mol. The second-order valence-corrected chi connectivity index (χ2v) is 21.4. The lowest BCUT2D eigenvalue weighted by molar-refractivity contribution is 0.563. The monoisotopic (exact) mass is 937 g/mol. The molecule has 3 aliphatic carbocycles. The van der Waals surface area contributed by atoms with Gasteiger partial charge in [-0.05, 0) is 119 Å². The summed E-state index contributed by atoms with van der Waals surface area (Å²) < 4.78 is 0. The molecule has 0 N–H and O–H groups in total. The number of hydrogen-bond acceptors (Lipinski definition) is 2. The average Bonchev–Trinajstić information content (AvgIpc) is 3.97. The van der Waals surface area contributed by atoms with Crippen LogP contribution in [0.4, 0.5) is 17.1 Å². The zero-order chi connectivity index (χ0) is 48.0. The molecule has 2 heteroatoms. The molecule has 0 fully saturated rings. The van der Waals surface area contributed by atoms with E-state index in [9.17, 15) is 0 Å². The Morgan fingerprint density at radius 1 is 0.361 bits per heavy atom. The molecule has 2 atom stereocenters. The van der Waals surface area contributed by atoms with Gasteiger partial charge < -0.3 is 4.90 Å². The highest BCUT2D eigenvalue weighted by atomic mass is 32.2. The first-order valence-electron chi connectivity index (χ1n) is 25.3. The number of fused-ring (bicyclic) bond motifs is 12. The van der Waals surface area contributed by atoms with Crippen molar-refractivity contribution in [1.82, 2.24) is 0 Å². The highest BCUT2D eigenvalue weighted by Gasteiger charge is 2.53. The summed E-state index contributed by atoms with van der Waals surface area (Å²) in [6, 6.07) is 88.8. The number of thioether (sulfide) groups is 1. The molecule has 0 saturated heterocycles. The second kappa shape index (κ2) is 16.7. The van der Waals surface area contributed by atoms with Crippen molar-refractivity contribution in [2.24, 2.45) is 0 Å². The molecule has 1 aliphatic heterocycles. The van der Waals surface area contributed by atoms with Gasteiger partial charge in [-0.3, -0.25) is 0 Å². The van der Waals surface area contributed by atoms with E-state index in [-0.39, 0.29) is 5.41 Å². The Bertz CT molecular complexity index is 3800. The molecule has 1 heterocycles. The van der Waals surface area contributed by atoms with Gasteiger partial charge in [-0.25, -0.2) is 0 Å². The Balaban J connectivity index is 1.00. The van der Waals surface area contributed by atoms with E-state index >= 15 is 0 Å². The number of rotatable bonds is 7. The smallest absolute Gasteiger partial charge is 0.0719 e. The summed E-state index contributed by atoms with van der Waals surface area (Å²) in [5, 5.41) is 0.413. The molecule has 0 saturated carbocycles. The van der Waals surface area contributed by atoms with E-state index in [4.69, 9.17) is 0 Å².